The van der Waals surface area contributed by atoms with Crippen LogP contribution >= 0.6 is 11.3 Å². The predicted octanol–water partition coefficient (Wildman–Crippen LogP) is 2.23. The van der Waals surface area contributed by atoms with Gasteiger partial charge in [-0.25, -0.2) is 23.4 Å². The van der Waals surface area contributed by atoms with E-state index in [0.717, 1.165) is 29.9 Å². The Kier molecular flexibility index (Phi) is 6.40. The van der Waals surface area contributed by atoms with Gasteiger partial charge in [-0.2, -0.15) is 5.10 Å². The van der Waals surface area contributed by atoms with Crippen LogP contribution in [0.25, 0.3) is 10.2 Å². The summed E-state index contributed by atoms with van der Waals surface area (Å²) >= 11 is 1.40. The van der Waals surface area contributed by atoms with Crippen molar-refractivity contribution in [3.63, 3.8) is 0 Å². The number of aliphatic hydroxyl groups excluding tert-OH is 1. The van der Waals surface area contributed by atoms with Crippen molar-refractivity contribution in [2.24, 2.45) is 0 Å². The van der Waals surface area contributed by atoms with Gasteiger partial charge in [0.1, 0.15) is 34.7 Å². The van der Waals surface area contributed by atoms with Crippen molar-refractivity contribution in [3.8, 4) is 0 Å². The average molecular weight is 461 g/mol. The fourth-order valence-corrected chi connectivity index (χ4v) is 4.64. The van der Waals surface area contributed by atoms with Gasteiger partial charge in [-0.3, -0.25) is 9.36 Å². The number of benzene rings is 1. The largest absolute Gasteiger partial charge is 0.396 e. The number of unbranched alkanes of at least 4 members (excludes halogenated alkanes) is 1. The van der Waals surface area contributed by atoms with E-state index in [2.05, 4.69) is 15.1 Å². The van der Waals surface area contributed by atoms with Crippen LogP contribution in [0.1, 0.15) is 23.3 Å². The number of rotatable bonds is 9. The molecule has 0 fully saturated rings. The van der Waals surface area contributed by atoms with Crippen LogP contribution in [0, 0.1) is 11.6 Å². The Balaban J connectivity index is 1.71. The van der Waals surface area contributed by atoms with Crippen LogP contribution in [0.5, 0.6) is 0 Å². The number of aryl methyl sites for hydroxylation is 1. The Morgan fingerprint density at radius 1 is 1.12 bits per heavy atom. The van der Waals surface area contributed by atoms with E-state index in [0.29, 0.717) is 22.7 Å². The normalized spacial score (nSPS) is 13.5. The molecule has 0 amide bonds. The minimum Gasteiger partial charge on any atom is -0.396 e. The Morgan fingerprint density at radius 2 is 1.97 bits per heavy atom. The van der Waals surface area contributed by atoms with Crippen LogP contribution in [0.2, 0.25) is 0 Å². The number of halogens is 2. The van der Waals surface area contributed by atoms with Crippen molar-refractivity contribution in [2.75, 3.05) is 6.61 Å². The summed E-state index contributed by atoms with van der Waals surface area (Å²) in [6.07, 6.45) is 6.12. The molecular formula is C21H21F2N5O3S. The lowest BCUT2D eigenvalue weighted by Gasteiger charge is -2.29. The monoisotopic (exact) mass is 461 g/mol. The van der Waals surface area contributed by atoms with Crippen LogP contribution in [0.15, 0.2) is 48.0 Å². The van der Waals surface area contributed by atoms with Crippen LogP contribution in [0.3, 0.4) is 0 Å². The first-order valence-corrected chi connectivity index (χ1v) is 10.8. The third kappa shape index (κ3) is 4.59. The molecule has 0 saturated carbocycles. The smallest absolute Gasteiger partial charge is 0.262 e. The minimum absolute atomic E-state index is 0.111. The third-order valence-electron chi connectivity index (χ3n) is 5.15. The van der Waals surface area contributed by atoms with Crippen molar-refractivity contribution < 1.29 is 19.0 Å². The van der Waals surface area contributed by atoms with E-state index in [1.807, 2.05) is 0 Å². The van der Waals surface area contributed by atoms with Crippen molar-refractivity contribution in [2.45, 2.75) is 38.0 Å². The van der Waals surface area contributed by atoms with Gasteiger partial charge < -0.3 is 10.2 Å². The van der Waals surface area contributed by atoms with E-state index in [9.17, 15) is 18.7 Å². The lowest BCUT2D eigenvalue weighted by atomic mass is 9.92. The number of thiophene rings is 1. The molecule has 4 rings (SSSR count). The molecular weight excluding hydrogens is 440 g/mol. The maximum Gasteiger partial charge on any atom is 0.262 e. The van der Waals surface area contributed by atoms with Crippen molar-refractivity contribution in [1.29, 1.82) is 0 Å². The van der Waals surface area contributed by atoms with E-state index >= 15 is 0 Å². The molecule has 8 nitrogen and oxygen atoms in total. The lowest BCUT2D eigenvalue weighted by Crippen LogP contribution is -2.40. The molecule has 0 radical (unpaired) electrons. The van der Waals surface area contributed by atoms with E-state index in [1.54, 1.807) is 6.07 Å². The van der Waals surface area contributed by atoms with E-state index in [1.165, 1.54) is 39.6 Å². The first kappa shape index (κ1) is 22.2. The molecule has 168 valence electrons. The Labute approximate surface area is 185 Å². The molecule has 4 aromatic rings. The molecule has 3 heterocycles. The molecule has 1 aromatic carbocycles. The van der Waals surface area contributed by atoms with E-state index in [-0.39, 0.29) is 30.8 Å². The predicted molar refractivity (Wildman–Crippen MR) is 114 cm³/mol. The average Bonchev–Trinajstić information content (AvgIpc) is 3.40. The molecule has 3 aromatic heterocycles. The van der Waals surface area contributed by atoms with Gasteiger partial charge in [0.2, 0.25) is 0 Å². The molecule has 0 aliphatic carbocycles. The van der Waals surface area contributed by atoms with Crippen molar-refractivity contribution in [3.05, 3.63) is 75.7 Å². The summed E-state index contributed by atoms with van der Waals surface area (Å²) in [6.45, 7) is -0.427. The van der Waals surface area contributed by atoms with Gasteiger partial charge in [-0.15, -0.1) is 11.3 Å². The second-order valence-electron chi connectivity index (χ2n) is 7.54. The van der Waals surface area contributed by atoms with Gasteiger partial charge in [0.05, 0.1) is 24.8 Å². The maximum atomic E-state index is 14.6. The SMILES string of the molecule is O=c1c2cc(CCCCO)sc2ncn1CC(O)(Cn1cncn1)c1ccc(F)cc1F. The zero-order chi connectivity index (χ0) is 22.7. The second kappa shape index (κ2) is 9.23. The standard InChI is InChI=1S/C21H21F2N5O3S/c22-14-4-5-17(18(23)7-14)21(31,10-28-12-24-11-26-28)9-27-13-25-19-16(20(27)30)8-15(32-19)3-1-2-6-29/h4-5,7-8,11-13,29,31H,1-3,6,9-10H2. The molecule has 0 spiro atoms. The lowest BCUT2D eigenvalue weighted by molar-refractivity contribution is -0.00640. The Bertz CT molecular complexity index is 1270. The number of nitrogens with zero attached hydrogens (tertiary/aromatic N) is 5. The molecule has 32 heavy (non-hydrogen) atoms. The zero-order valence-electron chi connectivity index (χ0n) is 17.0. The topological polar surface area (TPSA) is 106 Å². The molecule has 0 saturated heterocycles. The summed E-state index contributed by atoms with van der Waals surface area (Å²) in [4.78, 5) is 22.8. The molecule has 2 N–H and O–H groups in total. The quantitative estimate of drug-likeness (QED) is 0.370. The first-order valence-electron chi connectivity index (χ1n) is 9.99. The van der Waals surface area contributed by atoms with Crippen LogP contribution < -0.4 is 5.56 Å². The van der Waals surface area contributed by atoms with Crippen LogP contribution in [0.4, 0.5) is 8.78 Å². The zero-order valence-corrected chi connectivity index (χ0v) is 17.8. The van der Waals surface area contributed by atoms with E-state index < -0.39 is 17.2 Å². The summed E-state index contributed by atoms with van der Waals surface area (Å²) in [7, 11) is 0. The molecule has 1 atom stereocenters. The van der Waals surface area contributed by atoms with Gasteiger partial charge in [0.15, 0.2) is 0 Å². The van der Waals surface area contributed by atoms with Gasteiger partial charge in [-0.05, 0) is 31.4 Å². The fourth-order valence-electron chi connectivity index (χ4n) is 3.61. The van der Waals surface area contributed by atoms with Crippen molar-refractivity contribution in [1.82, 2.24) is 24.3 Å². The maximum absolute atomic E-state index is 14.6. The number of aliphatic hydroxyl groups is 2. The summed E-state index contributed by atoms with van der Waals surface area (Å²) < 4.78 is 30.6. The Morgan fingerprint density at radius 3 is 2.69 bits per heavy atom. The molecule has 0 aliphatic heterocycles. The van der Waals surface area contributed by atoms with Gasteiger partial charge in [-0.1, -0.05) is 6.07 Å². The van der Waals surface area contributed by atoms with Gasteiger partial charge in [0, 0.05) is 23.1 Å². The minimum atomic E-state index is -1.93. The molecule has 1 unspecified atom stereocenters. The summed E-state index contributed by atoms with van der Waals surface area (Å²) in [5, 5.41) is 24.8. The molecule has 0 bridgehead atoms. The first-order chi connectivity index (χ1) is 15.4. The second-order valence-corrected chi connectivity index (χ2v) is 8.65. The van der Waals surface area contributed by atoms with Crippen LogP contribution in [-0.4, -0.2) is 41.1 Å². The highest BCUT2D eigenvalue weighted by Gasteiger charge is 2.34. The third-order valence-corrected chi connectivity index (χ3v) is 6.26. The molecule has 11 heteroatoms. The summed E-state index contributed by atoms with van der Waals surface area (Å²) in [5.74, 6) is -1.71. The van der Waals surface area contributed by atoms with E-state index in [4.69, 9.17) is 5.11 Å². The number of hydrogen-bond donors (Lipinski definition) is 2. The molecule has 0 aliphatic rings. The number of aromatic nitrogens is 5. The van der Waals surface area contributed by atoms with Gasteiger partial charge in [0.25, 0.3) is 5.56 Å². The highest BCUT2D eigenvalue weighted by atomic mass is 32.1. The summed E-state index contributed by atoms with van der Waals surface area (Å²) in [5.41, 5.74) is -2.47. The Hall–Kier alpha value is -3.02. The fraction of sp³-hybridized carbons (Fsp3) is 0.333. The van der Waals surface area contributed by atoms with Crippen LogP contribution in [-0.2, 0) is 25.1 Å². The van der Waals surface area contributed by atoms with Gasteiger partial charge >= 0.3 is 0 Å². The summed E-state index contributed by atoms with van der Waals surface area (Å²) in [6, 6.07) is 4.65. The highest BCUT2D eigenvalue weighted by molar-refractivity contribution is 7.18. The highest BCUT2D eigenvalue weighted by Crippen LogP contribution is 2.29. The number of hydrogen-bond acceptors (Lipinski definition) is 7. The van der Waals surface area contributed by atoms with Crippen molar-refractivity contribution >= 4 is 21.6 Å². The number of fused-ring (bicyclic) bond motifs is 1.